The van der Waals surface area contributed by atoms with Crippen molar-refractivity contribution in [3.05, 3.63) is 56.7 Å². The quantitative estimate of drug-likeness (QED) is 0.437. The highest BCUT2D eigenvalue weighted by Gasteiger charge is 2.18. The van der Waals surface area contributed by atoms with E-state index in [0.29, 0.717) is 12.1 Å². The van der Waals surface area contributed by atoms with E-state index in [-0.39, 0.29) is 24.2 Å². The molecule has 0 saturated heterocycles. The van der Waals surface area contributed by atoms with Gasteiger partial charge in [-0.25, -0.2) is 15.0 Å². The number of carbonyl (C=O) groups excluding carboxylic acids is 1. The number of aromatic amines is 1. The summed E-state index contributed by atoms with van der Waals surface area (Å²) >= 11 is 0. The summed E-state index contributed by atoms with van der Waals surface area (Å²) in [4.78, 5) is 38.3. The van der Waals surface area contributed by atoms with Crippen LogP contribution in [0.15, 0.2) is 45.0 Å². The van der Waals surface area contributed by atoms with E-state index in [1.54, 1.807) is 31.2 Å². The van der Waals surface area contributed by atoms with Gasteiger partial charge in [-0.05, 0) is 25.0 Å². The van der Waals surface area contributed by atoms with Crippen LogP contribution in [0.1, 0.15) is 38.7 Å². The molecule has 0 unspecified atom stereocenters. The second-order valence-electron chi connectivity index (χ2n) is 5.81. The van der Waals surface area contributed by atoms with Gasteiger partial charge in [0.1, 0.15) is 5.56 Å². The van der Waals surface area contributed by atoms with E-state index >= 15 is 0 Å². The van der Waals surface area contributed by atoms with Crippen LogP contribution in [0.4, 0.5) is 10.5 Å². The average molecular weight is 373 g/mol. The maximum atomic E-state index is 12.2. The molecular weight excluding hydrogens is 350 g/mol. The molecule has 0 aliphatic rings. The molecule has 0 aliphatic heterocycles. The normalized spacial score (nSPS) is 11.3. The smallest absolute Gasteiger partial charge is 0.339 e. The number of aromatic hydroxyl groups is 1. The highest BCUT2D eigenvalue weighted by atomic mass is 16.3. The zero-order chi connectivity index (χ0) is 19.8. The van der Waals surface area contributed by atoms with Crippen LogP contribution in [0.2, 0.25) is 0 Å². The largest absolute Gasteiger partial charge is 0.494 e. The molecule has 0 fully saturated rings. The number of aromatic nitrogens is 2. The van der Waals surface area contributed by atoms with Crippen molar-refractivity contribution in [1.29, 1.82) is 0 Å². The van der Waals surface area contributed by atoms with Crippen LogP contribution in [0, 0.1) is 0 Å². The Kier molecular flexibility index (Phi) is 6.93. The van der Waals surface area contributed by atoms with Crippen molar-refractivity contribution < 1.29 is 9.90 Å². The first-order chi connectivity index (χ1) is 13.0. The summed E-state index contributed by atoms with van der Waals surface area (Å²) in [5.41, 5.74) is 1.47. The molecule has 0 saturated carbocycles. The molecule has 9 nitrogen and oxygen atoms in total. The van der Waals surface area contributed by atoms with Gasteiger partial charge in [-0.2, -0.15) is 5.10 Å². The van der Waals surface area contributed by atoms with Gasteiger partial charge in [0.05, 0.1) is 5.71 Å². The number of rotatable bonds is 7. The lowest BCUT2D eigenvalue weighted by Gasteiger charge is -2.12. The Balaban J connectivity index is 2.28. The van der Waals surface area contributed by atoms with Crippen LogP contribution in [-0.4, -0.2) is 26.4 Å². The van der Waals surface area contributed by atoms with E-state index in [4.69, 9.17) is 0 Å². The monoisotopic (exact) mass is 373 g/mol. The molecule has 0 bridgehead atoms. The number of H-pyrrole nitrogens is 1. The lowest BCUT2D eigenvalue weighted by atomic mass is 10.1. The van der Waals surface area contributed by atoms with Gasteiger partial charge in [-0.15, -0.1) is 0 Å². The summed E-state index contributed by atoms with van der Waals surface area (Å²) in [5, 5.41) is 16.9. The predicted octanol–water partition coefficient (Wildman–Crippen LogP) is 1.98. The third kappa shape index (κ3) is 5.06. The Hall–Kier alpha value is -3.36. The van der Waals surface area contributed by atoms with Crippen LogP contribution in [-0.2, 0) is 6.54 Å². The summed E-state index contributed by atoms with van der Waals surface area (Å²) in [6.07, 6.45) is 1.74. The number of nitrogens with zero attached hydrogens (tertiary/aromatic N) is 2. The fraction of sp³-hybridized carbons (Fsp3) is 0.333. The van der Waals surface area contributed by atoms with Crippen molar-refractivity contribution in [2.45, 2.75) is 39.7 Å². The number of hydrogen-bond donors (Lipinski definition) is 4. The van der Waals surface area contributed by atoms with E-state index in [1.807, 2.05) is 13.0 Å². The number of hydrogen-bond acceptors (Lipinski definition) is 5. The van der Waals surface area contributed by atoms with Gasteiger partial charge in [0.2, 0.25) is 5.88 Å². The topological polar surface area (TPSA) is 129 Å². The Morgan fingerprint density at radius 1 is 1.22 bits per heavy atom. The molecule has 0 aliphatic carbocycles. The standard InChI is InChI=1S/C18H23N5O4/c1-3-5-11-23-16(25)14(15(24)20-18(23)27)13(4-2)21-22-17(26)19-12-9-7-6-8-10-12/h6-10,25H,3-5,11H2,1-2H3,(H2,19,22,26)(H,20,24,27). The van der Waals surface area contributed by atoms with Gasteiger partial charge < -0.3 is 10.4 Å². The van der Waals surface area contributed by atoms with Gasteiger partial charge >= 0.3 is 11.7 Å². The molecule has 2 rings (SSSR count). The maximum Gasteiger partial charge on any atom is 0.339 e. The predicted molar refractivity (Wildman–Crippen MR) is 103 cm³/mol. The number of benzene rings is 1. The van der Waals surface area contributed by atoms with Gasteiger partial charge in [-0.3, -0.25) is 14.3 Å². The van der Waals surface area contributed by atoms with Gasteiger partial charge in [-0.1, -0.05) is 38.5 Å². The van der Waals surface area contributed by atoms with E-state index in [9.17, 15) is 19.5 Å². The van der Waals surface area contributed by atoms with Crippen molar-refractivity contribution in [1.82, 2.24) is 15.0 Å². The van der Waals surface area contributed by atoms with Crippen molar-refractivity contribution in [3.8, 4) is 5.88 Å². The van der Waals surface area contributed by atoms with Crippen molar-refractivity contribution in [3.63, 3.8) is 0 Å². The Bertz CT molecular complexity index is 931. The Morgan fingerprint density at radius 2 is 1.93 bits per heavy atom. The summed E-state index contributed by atoms with van der Waals surface area (Å²) in [6, 6.07) is 8.19. The fourth-order valence-electron chi connectivity index (χ4n) is 2.45. The molecule has 27 heavy (non-hydrogen) atoms. The van der Waals surface area contributed by atoms with Gasteiger partial charge in [0, 0.05) is 12.2 Å². The molecule has 4 N–H and O–H groups in total. The van der Waals surface area contributed by atoms with E-state index in [0.717, 1.165) is 11.0 Å². The van der Waals surface area contributed by atoms with Gasteiger partial charge in [0.15, 0.2) is 0 Å². The zero-order valence-corrected chi connectivity index (χ0v) is 15.3. The molecular formula is C18H23N5O4. The van der Waals surface area contributed by atoms with Crippen LogP contribution >= 0.6 is 0 Å². The zero-order valence-electron chi connectivity index (χ0n) is 15.3. The number of para-hydroxylation sites is 1. The van der Waals surface area contributed by atoms with E-state index in [2.05, 4.69) is 20.8 Å². The number of anilines is 1. The van der Waals surface area contributed by atoms with Gasteiger partial charge in [0.25, 0.3) is 5.56 Å². The van der Waals surface area contributed by atoms with E-state index in [1.165, 1.54) is 0 Å². The molecule has 9 heteroatoms. The first-order valence-electron chi connectivity index (χ1n) is 8.73. The van der Waals surface area contributed by atoms with Crippen LogP contribution in [0.25, 0.3) is 0 Å². The van der Waals surface area contributed by atoms with Crippen molar-refractivity contribution in [2.75, 3.05) is 5.32 Å². The van der Waals surface area contributed by atoms with Crippen LogP contribution in [0.5, 0.6) is 5.88 Å². The first kappa shape index (κ1) is 20.0. The molecule has 2 aromatic rings. The molecule has 1 aromatic heterocycles. The fourth-order valence-corrected chi connectivity index (χ4v) is 2.45. The van der Waals surface area contributed by atoms with Crippen molar-refractivity contribution in [2.24, 2.45) is 5.10 Å². The minimum atomic E-state index is -0.754. The summed E-state index contributed by atoms with van der Waals surface area (Å²) in [6.45, 7) is 3.93. The van der Waals surface area contributed by atoms with Crippen molar-refractivity contribution >= 4 is 17.4 Å². The summed E-state index contributed by atoms with van der Waals surface area (Å²) in [7, 11) is 0. The minimum absolute atomic E-state index is 0.131. The lowest BCUT2D eigenvalue weighted by Crippen LogP contribution is -2.35. The highest BCUT2D eigenvalue weighted by molar-refractivity contribution is 6.02. The number of urea groups is 1. The Morgan fingerprint density at radius 3 is 2.56 bits per heavy atom. The lowest BCUT2D eigenvalue weighted by molar-refractivity contribution is 0.252. The van der Waals surface area contributed by atoms with Crippen LogP contribution in [0.3, 0.4) is 0 Å². The number of carbonyl (C=O) groups is 1. The molecule has 144 valence electrons. The Labute approximate surface area is 155 Å². The first-order valence-corrected chi connectivity index (χ1v) is 8.73. The van der Waals surface area contributed by atoms with Crippen LogP contribution < -0.4 is 22.0 Å². The highest BCUT2D eigenvalue weighted by Crippen LogP contribution is 2.14. The average Bonchev–Trinajstić information content (AvgIpc) is 2.64. The molecule has 0 atom stereocenters. The molecule has 1 aromatic carbocycles. The second-order valence-corrected chi connectivity index (χ2v) is 5.81. The number of nitrogens with one attached hydrogen (secondary N) is 3. The minimum Gasteiger partial charge on any atom is -0.494 e. The molecule has 0 radical (unpaired) electrons. The number of hydrazone groups is 1. The molecule has 2 amide bonds. The second kappa shape index (κ2) is 9.37. The summed E-state index contributed by atoms with van der Waals surface area (Å²) < 4.78 is 1.09. The van der Waals surface area contributed by atoms with E-state index < -0.39 is 23.2 Å². The number of amides is 2. The maximum absolute atomic E-state index is 12.2. The third-order valence-electron chi connectivity index (χ3n) is 3.85. The SMILES string of the molecule is CCCCn1c(O)c(C(CC)=NNC(=O)Nc2ccccc2)c(=O)[nH]c1=O. The number of unbranched alkanes of at least 4 members (excludes halogenated alkanes) is 1. The summed E-state index contributed by atoms with van der Waals surface area (Å²) in [5.74, 6) is -0.455. The third-order valence-corrected chi connectivity index (χ3v) is 3.85. The molecule has 1 heterocycles. The molecule has 0 spiro atoms.